The van der Waals surface area contributed by atoms with Gasteiger partial charge in [0.25, 0.3) is 0 Å². The molecule has 1 fully saturated rings. The predicted octanol–water partition coefficient (Wildman–Crippen LogP) is 1.34. The van der Waals surface area contributed by atoms with Crippen molar-refractivity contribution in [2.24, 2.45) is 0 Å². The summed E-state index contributed by atoms with van der Waals surface area (Å²) in [5.74, 6) is 0. The minimum Gasteiger partial charge on any atom is -0.453 e. The average Bonchev–Trinajstić information content (AvgIpc) is 2.26. The first-order valence-electron chi connectivity index (χ1n) is 4.98. The van der Waals surface area contributed by atoms with Crippen molar-refractivity contribution in [1.82, 2.24) is 10.2 Å². The van der Waals surface area contributed by atoms with Crippen molar-refractivity contribution >= 4 is 6.09 Å². The number of ether oxygens (including phenoxy) is 1. The minimum absolute atomic E-state index is 0.400. The Labute approximate surface area is 84.9 Å². The number of likely N-dealkylation sites (tertiary alicyclic amines) is 1. The van der Waals surface area contributed by atoms with E-state index >= 15 is 0 Å². The number of nitrogens with zero attached hydrogens (tertiary/aromatic N) is 1. The Hall–Kier alpha value is -1.19. The monoisotopic (exact) mass is 198 g/mol. The van der Waals surface area contributed by atoms with E-state index in [4.69, 9.17) is 0 Å². The van der Waals surface area contributed by atoms with Crippen LogP contribution in [0.4, 0.5) is 4.79 Å². The molecular weight excluding hydrogens is 180 g/mol. The quantitative estimate of drug-likeness (QED) is 0.744. The Balaban J connectivity index is 2.23. The number of hydrogen-bond acceptors (Lipinski definition) is 3. The van der Waals surface area contributed by atoms with E-state index in [0.29, 0.717) is 6.54 Å². The molecule has 0 unspecified atom stereocenters. The largest absolute Gasteiger partial charge is 0.453 e. The van der Waals surface area contributed by atoms with Gasteiger partial charge in [0.15, 0.2) is 0 Å². The molecule has 1 amide bonds. The van der Waals surface area contributed by atoms with E-state index < -0.39 is 6.09 Å². The molecule has 1 saturated heterocycles. The van der Waals surface area contributed by atoms with Crippen LogP contribution in [0, 0.1) is 0 Å². The van der Waals surface area contributed by atoms with E-state index in [0.717, 1.165) is 18.8 Å². The molecule has 0 aromatic carbocycles. The van der Waals surface area contributed by atoms with Crippen LogP contribution in [0.2, 0.25) is 0 Å². The standard InChI is InChI=1S/C10H18N2O2/c1-9(8-11-10(13)14-2)12-6-4-3-5-7-12/h1,3-8H2,2H3,(H,11,13). The molecule has 0 aromatic heterocycles. The van der Waals surface area contributed by atoms with E-state index in [1.807, 2.05) is 0 Å². The van der Waals surface area contributed by atoms with E-state index in [-0.39, 0.29) is 0 Å². The summed E-state index contributed by atoms with van der Waals surface area (Å²) in [6.07, 6.45) is 3.34. The summed E-state index contributed by atoms with van der Waals surface area (Å²) in [7, 11) is 1.36. The fourth-order valence-corrected chi connectivity index (χ4v) is 1.57. The van der Waals surface area contributed by atoms with Crippen molar-refractivity contribution in [1.29, 1.82) is 0 Å². The van der Waals surface area contributed by atoms with Crippen molar-refractivity contribution in [2.45, 2.75) is 19.3 Å². The average molecular weight is 198 g/mol. The van der Waals surface area contributed by atoms with E-state index in [1.165, 1.54) is 26.4 Å². The van der Waals surface area contributed by atoms with Crippen LogP contribution in [0.3, 0.4) is 0 Å². The molecular formula is C10H18N2O2. The second kappa shape index (κ2) is 5.52. The van der Waals surface area contributed by atoms with Gasteiger partial charge < -0.3 is 15.0 Å². The number of methoxy groups -OCH3 is 1. The van der Waals surface area contributed by atoms with Gasteiger partial charge >= 0.3 is 6.09 Å². The lowest BCUT2D eigenvalue weighted by atomic mass is 10.1. The first kappa shape index (κ1) is 10.9. The van der Waals surface area contributed by atoms with Crippen molar-refractivity contribution in [3.05, 3.63) is 12.3 Å². The van der Waals surface area contributed by atoms with Crippen LogP contribution in [0.1, 0.15) is 19.3 Å². The SMILES string of the molecule is C=C(CNC(=O)OC)N1CCCCC1. The van der Waals surface area contributed by atoms with Crippen molar-refractivity contribution in [3.63, 3.8) is 0 Å². The Morgan fingerprint density at radius 2 is 2.07 bits per heavy atom. The summed E-state index contributed by atoms with van der Waals surface area (Å²) in [6.45, 7) is 6.53. The second-order valence-electron chi connectivity index (χ2n) is 3.46. The highest BCUT2D eigenvalue weighted by Crippen LogP contribution is 2.12. The highest BCUT2D eigenvalue weighted by molar-refractivity contribution is 5.67. The van der Waals surface area contributed by atoms with Crippen molar-refractivity contribution in [3.8, 4) is 0 Å². The molecule has 0 bridgehead atoms. The van der Waals surface area contributed by atoms with Gasteiger partial charge in [-0.15, -0.1) is 0 Å². The van der Waals surface area contributed by atoms with Gasteiger partial charge in [0.1, 0.15) is 0 Å². The third kappa shape index (κ3) is 3.28. The van der Waals surface area contributed by atoms with Crippen LogP contribution < -0.4 is 5.32 Å². The highest BCUT2D eigenvalue weighted by atomic mass is 16.5. The maximum atomic E-state index is 10.8. The summed E-state index contributed by atoms with van der Waals surface area (Å²) in [5.41, 5.74) is 0.968. The lowest BCUT2D eigenvalue weighted by Gasteiger charge is -2.30. The zero-order valence-corrected chi connectivity index (χ0v) is 8.71. The maximum absolute atomic E-state index is 10.8. The number of carbonyl (C=O) groups excluding carboxylic acids is 1. The van der Waals surface area contributed by atoms with E-state index in [2.05, 4.69) is 21.5 Å². The number of hydrogen-bond donors (Lipinski definition) is 1. The fourth-order valence-electron chi connectivity index (χ4n) is 1.57. The molecule has 1 heterocycles. The van der Waals surface area contributed by atoms with Crippen molar-refractivity contribution < 1.29 is 9.53 Å². The molecule has 4 heteroatoms. The highest BCUT2D eigenvalue weighted by Gasteiger charge is 2.12. The van der Waals surface area contributed by atoms with Gasteiger partial charge in [-0.05, 0) is 19.3 Å². The Morgan fingerprint density at radius 1 is 1.43 bits per heavy atom. The topological polar surface area (TPSA) is 41.6 Å². The number of alkyl carbamates (subject to hydrolysis) is 1. The Kier molecular flexibility index (Phi) is 4.29. The molecule has 4 nitrogen and oxygen atoms in total. The molecule has 80 valence electrons. The summed E-state index contributed by atoms with van der Waals surface area (Å²) in [6, 6.07) is 0. The zero-order chi connectivity index (χ0) is 10.4. The van der Waals surface area contributed by atoms with Gasteiger partial charge in [0.05, 0.1) is 13.7 Å². The van der Waals surface area contributed by atoms with Crippen LogP contribution in [0.15, 0.2) is 12.3 Å². The van der Waals surface area contributed by atoms with Gasteiger partial charge in [-0.2, -0.15) is 0 Å². The lowest BCUT2D eigenvalue weighted by molar-refractivity contribution is 0.170. The molecule has 0 atom stereocenters. The van der Waals surface area contributed by atoms with Gasteiger partial charge in [-0.1, -0.05) is 6.58 Å². The maximum Gasteiger partial charge on any atom is 0.407 e. The molecule has 0 spiro atoms. The Bertz CT molecular complexity index is 210. The van der Waals surface area contributed by atoms with Gasteiger partial charge in [-0.25, -0.2) is 4.79 Å². The van der Waals surface area contributed by atoms with E-state index in [1.54, 1.807) is 0 Å². The number of carbonyl (C=O) groups is 1. The summed E-state index contributed by atoms with van der Waals surface area (Å²) >= 11 is 0. The zero-order valence-electron chi connectivity index (χ0n) is 8.71. The van der Waals surface area contributed by atoms with Crippen LogP contribution in [0.5, 0.6) is 0 Å². The van der Waals surface area contributed by atoms with Crippen LogP contribution >= 0.6 is 0 Å². The van der Waals surface area contributed by atoms with E-state index in [9.17, 15) is 4.79 Å². The third-order valence-electron chi connectivity index (χ3n) is 2.43. The summed E-state index contributed by atoms with van der Waals surface area (Å²) < 4.78 is 4.48. The fraction of sp³-hybridized carbons (Fsp3) is 0.700. The van der Waals surface area contributed by atoms with Gasteiger partial charge in [0, 0.05) is 18.8 Å². The molecule has 14 heavy (non-hydrogen) atoms. The first-order valence-corrected chi connectivity index (χ1v) is 4.98. The van der Waals surface area contributed by atoms with Crippen LogP contribution in [-0.2, 0) is 4.74 Å². The van der Waals surface area contributed by atoms with Gasteiger partial charge in [0.2, 0.25) is 0 Å². The number of amides is 1. The van der Waals surface area contributed by atoms with Crippen LogP contribution in [0.25, 0.3) is 0 Å². The molecule has 0 aliphatic carbocycles. The molecule has 1 aliphatic rings. The number of piperidine rings is 1. The molecule has 1 rings (SSSR count). The smallest absolute Gasteiger partial charge is 0.407 e. The second-order valence-corrected chi connectivity index (χ2v) is 3.46. The first-order chi connectivity index (χ1) is 6.74. The molecule has 0 radical (unpaired) electrons. The number of nitrogens with one attached hydrogen (secondary N) is 1. The molecule has 0 saturated carbocycles. The minimum atomic E-state index is -0.400. The summed E-state index contributed by atoms with van der Waals surface area (Å²) in [4.78, 5) is 13.0. The van der Waals surface area contributed by atoms with Crippen molar-refractivity contribution in [2.75, 3.05) is 26.7 Å². The molecule has 1 N–H and O–H groups in total. The normalized spacial score (nSPS) is 16.2. The predicted molar refractivity (Wildman–Crippen MR) is 55.0 cm³/mol. The Morgan fingerprint density at radius 3 is 2.64 bits per heavy atom. The summed E-state index contributed by atoms with van der Waals surface area (Å²) in [5, 5.41) is 2.63. The molecule has 0 aromatic rings. The number of rotatable bonds is 3. The lowest BCUT2D eigenvalue weighted by Crippen LogP contribution is -2.35. The third-order valence-corrected chi connectivity index (χ3v) is 2.43. The van der Waals surface area contributed by atoms with Gasteiger partial charge in [-0.3, -0.25) is 0 Å². The molecule has 1 aliphatic heterocycles. The van der Waals surface area contributed by atoms with Crippen LogP contribution in [-0.4, -0.2) is 37.7 Å².